The summed E-state index contributed by atoms with van der Waals surface area (Å²) in [6.07, 6.45) is 10.1. The van der Waals surface area contributed by atoms with E-state index in [0.717, 1.165) is 23.7 Å². The maximum atomic E-state index is 5.60. The Morgan fingerprint density at radius 1 is 1.38 bits per heavy atom. The highest BCUT2D eigenvalue weighted by Gasteiger charge is 2.21. The second kappa shape index (κ2) is 5.37. The maximum Gasteiger partial charge on any atom is 0.0769 e. The first kappa shape index (κ1) is 11.5. The first-order valence-electron chi connectivity index (χ1n) is 6.04. The molecular weight excluding hydrogens is 200 g/mol. The van der Waals surface area contributed by atoms with Gasteiger partial charge in [0.05, 0.1) is 23.6 Å². The van der Waals surface area contributed by atoms with Crippen LogP contribution >= 0.6 is 0 Å². The molecule has 0 saturated heterocycles. The van der Waals surface area contributed by atoms with Gasteiger partial charge in [0.2, 0.25) is 0 Å². The van der Waals surface area contributed by atoms with Crippen LogP contribution in [0.4, 0.5) is 0 Å². The normalized spacial score (nSPS) is 18.9. The van der Waals surface area contributed by atoms with Crippen molar-refractivity contribution < 1.29 is 0 Å². The van der Waals surface area contributed by atoms with Gasteiger partial charge >= 0.3 is 0 Å². The number of nitrogens with one attached hydrogen (secondary N) is 1. The van der Waals surface area contributed by atoms with Crippen molar-refractivity contribution in [3.05, 3.63) is 23.8 Å². The lowest BCUT2D eigenvalue weighted by molar-refractivity contribution is 0.393. The third-order valence-electron chi connectivity index (χ3n) is 3.40. The van der Waals surface area contributed by atoms with E-state index in [1.807, 2.05) is 13.1 Å². The highest BCUT2D eigenvalue weighted by molar-refractivity contribution is 5.05. The molecule has 0 amide bonds. The zero-order chi connectivity index (χ0) is 11.4. The summed E-state index contributed by atoms with van der Waals surface area (Å²) < 4.78 is 0. The van der Waals surface area contributed by atoms with Crippen molar-refractivity contribution in [2.24, 2.45) is 11.8 Å². The van der Waals surface area contributed by atoms with Gasteiger partial charge in [-0.3, -0.25) is 21.2 Å². The van der Waals surface area contributed by atoms with Gasteiger partial charge in [-0.1, -0.05) is 25.7 Å². The Balaban J connectivity index is 2.00. The Morgan fingerprint density at radius 2 is 2.12 bits per heavy atom. The van der Waals surface area contributed by atoms with Crippen molar-refractivity contribution in [3.8, 4) is 0 Å². The molecule has 1 unspecified atom stereocenters. The van der Waals surface area contributed by atoms with E-state index in [1.54, 1.807) is 6.20 Å². The van der Waals surface area contributed by atoms with Crippen LogP contribution in [0.5, 0.6) is 0 Å². The van der Waals surface area contributed by atoms with Crippen LogP contribution in [0.2, 0.25) is 0 Å². The molecule has 4 nitrogen and oxygen atoms in total. The number of hydrazine groups is 1. The summed E-state index contributed by atoms with van der Waals surface area (Å²) in [4.78, 5) is 8.65. The molecule has 1 aromatic rings. The number of aryl methyl sites for hydroxylation is 1. The van der Waals surface area contributed by atoms with Crippen molar-refractivity contribution >= 4 is 0 Å². The van der Waals surface area contributed by atoms with Crippen LogP contribution in [-0.4, -0.2) is 9.97 Å². The molecule has 0 spiro atoms. The minimum Gasteiger partial charge on any atom is -0.271 e. The van der Waals surface area contributed by atoms with E-state index in [9.17, 15) is 0 Å². The van der Waals surface area contributed by atoms with Crippen LogP contribution in [0.25, 0.3) is 0 Å². The molecule has 1 aliphatic carbocycles. The molecule has 0 bridgehead atoms. The molecule has 1 aliphatic rings. The van der Waals surface area contributed by atoms with Crippen LogP contribution < -0.4 is 11.3 Å². The zero-order valence-electron chi connectivity index (χ0n) is 9.82. The summed E-state index contributed by atoms with van der Waals surface area (Å²) in [7, 11) is 0. The van der Waals surface area contributed by atoms with Crippen LogP contribution in [0, 0.1) is 12.8 Å². The molecule has 0 aromatic carbocycles. The van der Waals surface area contributed by atoms with Gasteiger partial charge in [-0.2, -0.15) is 0 Å². The van der Waals surface area contributed by atoms with Crippen LogP contribution in [0.1, 0.15) is 49.5 Å². The predicted octanol–water partition coefficient (Wildman–Crippen LogP) is 1.87. The van der Waals surface area contributed by atoms with Gasteiger partial charge in [-0.15, -0.1) is 0 Å². The molecular formula is C12H20N4. The first-order chi connectivity index (χ1) is 7.79. The Kier molecular flexibility index (Phi) is 3.85. The largest absolute Gasteiger partial charge is 0.271 e. The molecule has 88 valence electrons. The molecule has 1 aromatic heterocycles. The van der Waals surface area contributed by atoms with Gasteiger partial charge in [-0.25, -0.2) is 0 Å². The number of nitrogens with zero attached hydrogens (tertiary/aromatic N) is 2. The number of hydrogen-bond acceptors (Lipinski definition) is 4. The Morgan fingerprint density at radius 3 is 2.69 bits per heavy atom. The molecule has 4 heteroatoms. The molecule has 3 N–H and O–H groups in total. The predicted molar refractivity (Wildman–Crippen MR) is 63.4 cm³/mol. The maximum absolute atomic E-state index is 5.60. The van der Waals surface area contributed by atoms with Crippen molar-refractivity contribution in [3.63, 3.8) is 0 Å². The van der Waals surface area contributed by atoms with Gasteiger partial charge in [0, 0.05) is 6.20 Å². The minimum absolute atomic E-state index is 0.149. The Hall–Kier alpha value is -1.00. The third-order valence-corrected chi connectivity index (χ3v) is 3.40. The van der Waals surface area contributed by atoms with E-state index in [0.29, 0.717) is 0 Å². The number of hydrogen-bond donors (Lipinski definition) is 2. The molecule has 0 aliphatic heterocycles. The van der Waals surface area contributed by atoms with E-state index in [1.165, 1.54) is 25.7 Å². The highest BCUT2D eigenvalue weighted by Crippen LogP contribution is 2.31. The second-order valence-electron chi connectivity index (χ2n) is 4.69. The van der Waals surface area contributed by atoms with Gasteiger partial charge in [0.1, 0.15) is 0 Å². The smallest absolute Gasteiger partial charge is 0.0769 e. The average molecular weight is 220 g/mol. The third kappa shape index (κ3) is 2.77. The fourth-order valence-electron chi connectivity index (χ4n) is 2.44. The first-order valence-corrected chi connectivity index (χ1v) is 6.04. The summed E-state index contributed by atoms with van der Waals surface area (Å²) in [6.45, 7) is 1.94. The van der Waals surface area contributed by atoms with Gasteiger partial charge < -0.3 is 0 Å². The van der Waals surface area contributed by atoms with E-state index in [4.69, 9.17) is 5.84 Å². The monoisotopic (exact) mass is 220 g/mol. The molecule has 1 fully saturated rings. The van der Waals surface area contributed by atoms with Gasteiger partial charge in [-0.05, 0) is 19.3 Å². The summed E-state index contributed by atoms with van der Waals surface area (Å²) in [5.74, 6) is 6.40. The molecule has 1 atom stereocenters. The summed E-state index contributed by atoms with van der Waals surface area (Å²) >= 11 is 0. The van der Waals surface area contributed by atoms with E-state index >= 15 is 0 Å². The minimum atomic E-state index is 0.149. The van der Waals surface area contributed by atoms with Crippen LogP contribution in [0.3, 0.4) is 0 Å². The van der Waals surface area contributed by atoms with Crippen molar-refractivity contribution in [1.82, 2.24) is 15.4 Å². The number of nitrogens with two attached hydrogens (primary N) is 1. The summed E-state index contributed by atoms with van der Waals surface area (Å²) in [6, 6.07) is 0.149. The van der Waals surface area contributed by atoms with Crippen LogP contribution in [0.15, 0.2) is 12.4 Å². The molecule has 2 rings (SSSR count). The zero-order valence-corrected chi connectivity index (χ0v) is 9.82. The highest BCUT2D eigenvalue weighted by atomic mass is 15.2. The van der Waals surface area contributed by atoms with Crippen LogP contribution in [-0.2, 0) is 0 Å². The molecule has 1 saturated carbocycles. The fraction of sp³-hybridized carbons (Fsp3) is 0.667. The van der Waals surface area contributed by atoms with E-state index in [-0.39, 0.29) is 6.04 Å². The molecule has 16 heavy (non-hydrogen) atoms. The lowest BCUT2D eigenvalue weighted by Gasteiger charge is -2.18. The fourth-order valence-corrected chi connectivity index (χ4v) is 2.44. The van der Waals surface area contributed by atoms with E-state index in [2.05, 4.69) is 15.4 Å². The standard InChI is InChI=1S/C12H20N4/c1-9-7-15-12(8-14-9)11(16-13)6-10-4-2-3-5-10/h7-8,10-11,16H,2-6,13H2,1H3. The SMILES string of the molecule is Cc1cnc(C(CC2CCCC2)NN)cn1. The number of rotatable bonds is 4. The van der Waals surface area contributed by atoms with Crippen molar-refractivity contribution in [1.29, 1.82) is 0 Å². The number of aromatic nitrogens is 2. The molecule has 1 heterocycles. The topological polar surface area (TPSA) is 63.8 Å². The quantitative estimate of drug-likeness (QED) is 0.600. The lowest BCUT2D eigenvalue weighted by Crippen LogP contribution is -2.30. The average Bonchev–Trinajstić information content (AvgIpc) is 2.80. The Labute approximate surface area is 96.6 Å². The van der Waals surface area contributed by atoms with Gasteiger partial charge in [0.25, 0.3) is 0 Å². The van der Waals surface area contributed by atoms with Crippen molar-refractivity contribution in [2.45, 2.75) is 45.1 Å². The molecule has 0 radical (unpaired) electrons. The lowest BCUT2D eigenvalue weighted by atomic mass is 9.97. The summed E-state index contributed by atoms with van der Waals surface area (Å²) in [5.41, 5.74) is 4.77. The van der Waals surface area contributed by atoms with Gasteiger partial charge in [0.15, 0.2) is 0 Å². The Bertz CT molecular complexity index is 316. The van der Waals surface area contributed by atoms with Crippen molar-refractivity contribution in [2.75, 3.05) is 0 Å². The second-order valence-corrected chi connectivity index (χ2v) is 4.69. The van der Waals surface area contributed by atoms with E-state index < -0.39 is 0 Å². The summed E-state index contributed by atoms with van der Waals surface area (Å²) in [5, 5.41) is 0.